The van der Waals surface area contributed by atoms with Gasteiger partial charge in [0, 0.05) is 17.2 Å². The lowest BCUT2D eigenvalue weighted by molar-refractivity contribution is -0.142. The van der Waals surface area contributed by atoms with Crippen molar-refractivity contribution < 1.29 is 19.2 Å². The van der Waals surface area contributed by atoms with E-state index in [0.29, 0.717) is 6.42 Å². The summed E-state index contributed by atoms with van der Waals surface area (Å²) in [5, 5.41) is 16.5. The summed E-state index contributed by atoms with van der Waals surface area (Å²) in [6, 6.07) is 9.19. The zero-order valence-corrected chi connectivity index (χ0v) is 15.2. The number of fused-ring (bicyclic) bond motifs is 1. The molecule has 138 valence electrons. The minimum atomic E-state index is -1.14. The summed E-state index contributed by atoms with van der Waals surface area (Å²) in [6.45, 7) is 3.74. The maximum absolute atomic E-state index is 13.1. The molecule has 0 radical (unpaired) electrons. The van der Waals surface area contributed by atoms with Crippen LogP contribution in [0.1, 0.15) is 35.4 Å². The number of hydrogen-bond acceptors (Lipinski definition) is 4. The van der Waals surface area contributed by atoms with Crippen LogP contribution in [0.15, 0.2) is 52.7 Å². The Morgan fingerprint density at radius 1 is 1.30 bits per heavy atom. The monoisotopic (exact) mass is 364 g/mol. The summed E-state index contributed by atoms with van der Waals surface area (Å²) in [4.78, 5) is 24.8. The second-order valence-corrected chi connectivity index (χ2v) is 7.13. The summed E-state index contributed by atoms with van der Waals surface area (Å²) in [6.07, 6.45) is 4.11. The fourth-order valence-electron chi connectivity index (χ4n) is 4.41. The van der Waals surface area contributed by atoms with Crippen LogP contribution in [0.4, 0.5) is 0 Å². The van der Waals surface area contributed by atoms with E-state index in [1.807, 2.05) is 56.3 Å². The van der Waals surface area contributed by atoms with Gasteiger partial charge < -0.3 is 14.9 Å². The lowest BCUT2D eigenvalue weighted by Crippen LogP contribution is -2.42. The molecular formula is C21H20N2O4. The van der Waals surface area contributed by atoms with Crippen molar-refractivity contribution in [3.63, 3.8) is 0 Å². The molecule has 1 saturated heterocycles. The van der Waals surface area contributed by atoms with Gasteiger partial charge in [0.15, 0.2) is 0 Å². The lowest BCUT2D eigenvalue weighted by atomic mass is 9.65. The van der Waals surface area contributed by atoms with Gasteiger partial charge in [0.1, 0.15) is 5.76 Å². The van der Waals surface area contributed by atoms with E-state index in [-0.39, 0.29) is 18.2 Å². The first kappa shape index (κ1) is 17.3. The van der Waals surface area contributed by atoms with Crippen LogP contribution in [0.5, 0.6) is 0 Å². The number of carboxylic acid groups (broad SMARTS) is 1. The van der Waals surface area contributed by atoms with E-state index in [0.717, 1.165) is 33.9 Å². The number of aliphatic carboxylic acids is 1. The molecule has 0 spiro atoms. The molecule has 2 N–H and O–H groups in total. The van der Waals surface area contributed by atoms with Crippen molar-refractivity contribution in [2.75, 3.05) is 0 Å². The first-order chi connectivity index (χ1) is 12.9. The minimum absolute atomic E-state index is 0.263. The molecule has 2 heterocycles. The molecule has 27 heavy (non-hydrogen) atoms. The van der Waals surface area contributed by atoms with Gasteiger partial charge in [0.25, 0.3) is 0 Å². The Kier molecular flexibility index (Phi) is 3.98. The van der Waals surface area contributed by atoms with Gasteiger partial charge in [-0.05, 0) is 37.5 Å². The van der Waals surface area contributed by atoms with Crippen LogP contribution >= 0.6 is 0 Å². The van der Waals surface area contributed by atoms with Crippen LogP contribution in [-0.4, -0.2) is 22.1 Å². The summed E-state index contributed by atoms with van der Waals surface area (Å²) >= 11 is 0. The number of rotatable bonds is 4. The maximum atomic E-state index is 13.1. The third-order valence-corrected chi connectivity index (χ3v) is 5.59. The molecule has 1 aliphatic heterocycles. The number of carbonyl (C=O) groups is 2. The van der Waals surface area contributed by atoms with Crippen molar-refractivity contribution in [2.24, 2.45) is 5.92 Å². The lowest BCUT2D eigenvalue weighted by Gasteiger charge is -2.33. The molecule has 2 aliphatic rings. The van der Waals surface area contributed by atoms with Gasteiger partial charge in [0.2, 0.25) is 5.91 Å². The van der Waals surface area contributed by atoms with E-state index in [4.69, 9.17) is 4.52 Å². The number of nitrogens with one attached hydrogen (secondary N) is 1. The predicted molar refractivity (Wildman–Crippen MR) is 98.7 cm³/mol. The van der Waals surface area contributed by atoms with Gasteiger partial charge in [0.05, 0.1) is 17.5 Å². The van der Waals surface area contributed by atoms with E-state index < -0.39 is 11.4 Å². The molecule has 6 nitrogen and oxygen atoms in total. The highest BCUT2D eigenvalue weighted by Crippen LogP contribution is 2.50. The Bertz CT molecular complexity index is 967. The zero-order chi connectivity index (χ0) is 19.2. The number of hydrogen-bond donors (Lipinski definition) is 2. The van der Waals surface area contributed by atoms with Crippen LogP contribution in [0, 0.1) is 19.8 Å². The third kappa shape index (κ3) is 2.60. The summed E-state index contributed by atoms with van der Waals surface area (Å²) in [7, 11) is 0. The van der Waals surface area contributed by atoms with Crippen LogP contribution in [0.3, 0.4) is 0 Å². The highest BCUT2D eigenvalue weighted by molar-refractivity contribution is 5.98. The number of aromatic nitrogens is 1. The number of benzene rings is 1. The molecule has 0 bridgehead atoms. The number of aryl methyl sites for hydroxylation is 2. The minimum Gasteiger partial charge on any atom is -0.481 e. The van der Waals surface area contributed by atoms with Crippen molar-refractivity contribution in [1.29, 1.82) is 0 Å². The van der Waals surface area contributed by atoms with Crippen LogP contribution < -0.4 is 5.32 Å². The van der Waals surface area contributed by atoms with E-state index in [9.17, 15) is 14.7 Å². The number of amides is 1. The standard InChI is InChI=1S/C21H20N2O4/c1-12-19(13(2)27-23-12)14-8-9-17-16(10-14)21(11-18(24)25,20(26)22-17)15-6-4-3-5-7-15/h3-9,16H,10-11H2,1-2H3,(H,22,26)(H,24,25). The zero-order valence-electron chi connectivity index (χ0n) is 15.2. The highest BCUT2D eigenvalue weighted by Gasteiger charge is 2.55. The quantitative estimate of drug-likeness (QED) is 0.870. The molecule has 1 aromatic carbocycles. The van der Waals surface area contributed by atoms with Crippen molar-refractivity contribution in [1.82, 2.24) is 10.5 Å². The van der Waals surface area contributed by atoms with Gasteiger partial charge in [-0.2, -0.15) is 0 Å². The summed E-state index contributed by atoms with van der Waals surface area (Å²) in [5.41, 5.74) is 3.07. The molecule has 2 atom stereocenters. The first-order valence-electron chi connectivity index (χ1n) is 8.86. The number of carboxylic acids is 1. The smallest absolute Gasteiger partial charge is 0.304 e. The van der Waals surface area contributed by atoms with Gasteiger partial charge >= 0.3 is 5.97 Å². The van der Waals surface area contributed by atoms with Crippen molar-refractivity contribution >= 4 is 17.4 Å². The second-order valence-electron chi connectivity index (χ2n) is 7.13. The number of carbonyl (C=O) groups excluding carboxylic acids is 1. The SMILES string of the molecule is Cc1noc(C)c1C1=CC=C2NC(=O)C(CC(=O)O)(c3ccccc3)C2C1. The molecule has 1 amide bonds. The summed E-state index contributed by atoms with van der Waals surface area (Å²) in [5.74, 6) is -0.821. The topological polar surface area (TPSA) is 92.4 Å². The Balaban J connectivity index is 1.83. The molecular weight excluding hydrogens is 344 g/mol. The fraction of sp³-hybridized carbons (Fsp3) is 0.286. The van der Waals surface area contributed by atoms with E-state index in [1.165, 1.54) is 0 Å². The van der Waals surface area contributed by atoms with Gasteiger partial charge in [-0.15, -0.1) is 0 Å². The maximum Gasteiger partial charge on any atom is 0.304 e. The average Bonchev–Trinajstić information content (AvgIpc) is 3.12. The molecule has 2 unspecified atom stereocenters. The fourth-order valence-corrected chi connectivity index (χ4v) is 4.41. The predicted octanol–water partition coefficient (Wildman–Crippen LogP) is 3.12. The van der Waals surface area contributed by atoms with E-state index in [2.05, 4.69) is 10.5 Å². The molecule has 2 aromatic rings. The van der Waals surface area contributed by atoms with Crippen LogP contribution in [0.25, 0.3) is 5.57 Å². The van der Waals surface area contributed by atoms with Crippen molar-refractivity contribution in [2.45, 2.75) is 32.1 Å². The van der Waals surface area contributed by atoms with Gasteiger partial charge in [-0.25, -0.2) is 0 Å². The average molecular weight is 364 g/mol. The number of nitrogens with zero attached hydrogens (tertiary/aromatic N) is 1. The molecule has 0 saturated carbocycles. The normalized spacial score (nSPS) is 24.1. The van der Waals surface area contributed by atoms with Crippen molar-refractivity contribution in [3.8, 4) is 0 Å². The molecule has 6 heteroatoms. The molecule has 1 aliphatic carbocycles. The van der Waals surface area contributed by atoms with Crippen LogP contribution in [0.2, 0.25) is 0 Å². The second kappa shape index (κ2) is 6.23. The van der Waals surface area contributed by atoms with Gasteiger partial charge in [-0.1, -0.05) is 41.6 Å². The third-order valence-electron chi connectivity index (χ3n) is 5.59. The Morgan fingerprint density at radius 2 is 2.04 bits per heavy atom. The molecule has 4 rings (SSSR count). The largest absolute Gasteiger partial charge is 0.481 e. The van der Waals surface area contributed by atoms with Crippen LogP contribution in [-0.2, 0) is 15.0 Å². The number of allylic oxidation sites excluding steroid dienone is 4. The first-order valence-corrected chi connectivity index (χ1v) is 8.86. The molecule has 1 fully saturated rings. The van der Waals surface area contributed by atoms with E-state index >= 15 is 0 Å². The highest BCUT2D eigenvalue weighted by atomic mass is 16.5. The summed E-state index contributed by atoms with van der Waals surface area (Å²) < 4.78 is 5.29. The Hall–Kier alpha value is -3.15. The van der Waals surface area contributed by atoms with Crippen molar-refractivity contribution in [3.05, 3.63) is 70.8 Å². The Labute approximate surface area is 156 Å². The van der Waals surface area contributed by atoms with E-state index in [1.54, 1.807) is 0 Å². The Morgan fingerprint density at radius 3 is 2.67 bits per heavy atom. The molecule has 1 aromatic heterocycles. The van der Waals surface area contributed by atoms with Gasteiger partial charge in [-0.3, -0.25) is 9.59 Å².